The molecule has 0 spiro atoms. The van der Waals surface area contributed by atoms with Crippen molar-refractivity contribution in [3.05, 3.63) is 82.2 Å². The highest BCUT2D eigenvalue weighted by Crippen LogP contribution is 2.29. The number of nitrogens with one attached hydrogen (secondary N) is 1. The summed E-state index contributed by atoms with van der Waals surface area (Å²) in [6.45, 7) is 4.61. The first-order valence-corrected chi connectivity index (χ1v) is 9.47. The van der Waals surface area contributed by atoms with Crippen LogP contribution in [0.25, 0.3) is 22.2 Å². The summed E-state index contributed by atoms with van der Waals surface area (Å²) < 4.78 is 1.81. The second-order valence-corrected chi connectivity index (χ2v) is 6.78. The number of aryl methyl sites for hydroxylation is 2. The van der Waals surface area contributed by atoms with Crippen LogP contribution in [0.4, 0.5) is 11.4 Å². The number of rotatable bonds is 5. The molecule has 8 heteroatoms. The van der Waals surface area contributed by atoms with Crippen molar-refractivity contribution < 1.29 is 9.72 Å². The molecule has 0 unspecified atom stereocenters. The number of nitrogens with zero attached hydrogens (tertiary/aromatic N) is 4. The Labute approximate surface area is 172 Å². The number of benzene rings is 2. The van der Waals surface area contributed by atoms with E-state index < -0.39 is 10.8 Å². The molecule has 1 amide bonds. The minimum atomic E-state index is -0.520. The highest BCUT2D eigenvalue weighted by molar-refractivity contribution is 6.13. The van der Waals surface area contributed by atoms with Gasteiger partial charge in [0.05, 0.1) is 27.4 Å². The first-order valence-electron chi connectivity index (χ1n) is 9.47. The van der Waals surface area contributed by atoms with E-state index in [0.717, 1.165) is 17.8 Å². The van der Waals surface area contributed by atoms with E-state index in [2.05, 4.69) is 10.4 Å². The van der Waals surface area contributed by atoms with Crippen molar-refractivity contribution in [3.8, 4) is 11.3 Å². The third-order valence-corrected chi connectivity index (χ3v) is 4.86. The maximum Gasteiger partial charge on any atom is 0.292 e. The molecule has 1 N–H and O–H groups in total. The van der Waals surface area contributed by atoms with Crippen LogP contribution in [0.2, 0.25) is 0 Å². The molecule has 30 heavy (non-hydrogen) atoms. The van der Waals surface area contributed by atoms with Gasteiger partial charge in [0.1, 0.15) is 5.69 Å². The Morgan fingerprint density at radius 2 is 1.90 bits per heavy atom. The number of hydrogen-bond donors (Lipinski definition) is 1. The van der Waals surface area contributed by atoms with Gasteiger partial charge in [-0.25, -0.2) is 4.98 Å². The molecule has 2 aromatic heterocycles. The highest BCUT2D eigenvalue weighted by atomic mass is 16.6. The molecule has 0 saturated heterocycles. The Bertz CT molecular complexity index is 1280. The fourth-order valence-corrected chi connectivity index (χ4v) is 3.36. The molecule has 8 nitrogen and oxygen atoms in total. The number of pyridine rings is 1. The summed E-state index contributed by atoms with van der Waals surface area (Å²) >= 11 is 0. The van der Waals surface area contributed by atoms with Crippen LogP contribution in [0.5, 0.6) is 0 Å². The van der Waals surface area contributed by atoms with Crippen molar-refractivity contribution in [2.24, 2.45) is 0 Å². The maximum absolute atomic E-state index is 13.2. The zero-order chi connectivity index (χ0) is 21.3. The standard InChI is InChI=1S/C22H19N5O3/c1-3-26-13-17(14(2)25-26)20-12-16(15-8-4-5-9-18(15)23-20)22(28)24-19-10-6-7-11-21(19)27(29)30/h4-13H,3H2,1-2H3,(H,24,28). The number of nitro benzene ring substituents is 1. The Kier molecular flexibility index (Phi) is 4.97. The van der Waals surface area contributed by atoms with Gasteiger partial charge in [0.15, 0.2) is 0 Å². The Hall–Kier alpha value is -4.07. The molecule has 0 fully saturated rings. The number of carbonyl (C=O) groups excluding carboxylic acids is 1. The monoisotopic (exact) mass is 401 g/mol. The molecule has 0 bridgehead atoms. The summed E-state index contributed by atoms with van der Waals surface area (Å²) in [5.74, 6) is -0.440. The Morgan fingerprint density at radius 1 is 1.17 bits per heavy atom. The van der Waals surface area contributed by atoms with Crippen LogP contribution in [0.1, 0.15) is 23.0 Å². The predicted octanol–water partition coefficient (Wildman–Crippen LogP) is 4.59. The predicted molar refractivity (Wildman–Crippen MR) is 114 cm³/mol. The molecule has 150 valence electrons. The van der Waals surface area contributed by atoms with Gasteiger partial charge >= 0.3 is 0 Å². The number of amides is 1. The molecule has 0 aliphatic heterocycles. The Balaban J connectivity index is 1.83. The highest BCUT2D eigenvalue weighted by Gasteiger charge is 2.19. The second kappa shape index (κ2) is 7.75. The summed E-state index contributed by atoms with van der Waals surface area (Å²) in [7, 11) is 0. The molecule has 0 aliphatic rings. The second-order valence-electron chi connectivity index (χ2n) is 6.78. The lowest BCUT2D eigenvalue weighted by atomic mass is 10.0. The van der Waals surface area contributed by atoms with Crippen molar-refractivity contribution >= 4 is 28.2 Å². The van der Waals surface area contributed by atoms with Crippen LogP contribution >= 0.6 is 0 Å². The minimum Gasteiger partial charge on any atom is -0.316 e. The lowest BCUT2D eigenvalue weighted by Crippen LogP contribution is -2.14. The number of fused-ring (bicyclic) bond motifs is 1. The molecule has 0 saturated carbocycles. The lowest BCUT2D eigenvalue weighted by molar-refractivity contribution is -0.383. The van der Waals surface area contributed by atoms with Crippen LogP contribution in [0.15, 0.2) is 60.8 Å². The number of anilines is 1. The molecule has 0 radical (unpaired) electrons. The number of hydrogen-bond acceptors (Lipinski definition) is 5. The first-order chi connectivity index (χ1) is 14.5. The number of para-hydroxylation sites is 3. The third-order valence-electron chi connectivity index (χ3n) is 4.86. The maximum atomic E-state index is 13.2. The van der Waals surface area contributed by atoms with Crippen LogP contribution in [-0.2, 0) is 6.54 Å². The van der Waals surface area contributed by atoms with E-state index in [1.807, 2.05) is 49.0 Å². The topological polar surface area (TPSA) is 103 Å². The zero-order valence-corrected chi connectivity index (χ0v) is 16.5. The van der Waals surface area contributed by atoms with E-state index in [1.165, 1.54) is 12.1 Å². The van der Waals surface area contributed by atoms with Gasteiger partial charge in [-0.1, -0.05) is 30.3 Å². The van der Waals surface area contributed by atoms with E-state index in [-0.39, 0.29) is 11.4 Å². The SMILES string of the molecule is CCn1cc(-c2cc(C(=O)Nc3ccccc3[N+](=O)[O-])c3ccccc3n2)c(C)n1. The Morgan fingerprint density at radius 3 is 2.63 bits per heavy atom. The molecule has 4 aromatic rings. The minimum absolute atomic E-state index is 0.143. The largest absolute Gasteiger partial charge is 0.316 e. The average molecular weight is 401 g/mol. The van der Waals surface area contributed by atoms with Crippen LogP contribution in [-0.4, -0.2) is 25.6 Å². The summed E-state index contributed by atoms with van der Waals surface area (Å²) in [5.41, 5.74) is 3.30. The van der Waals surface area contributed by atoms with Gasteiger partial charge in [0, 0.05) is 29.8 Å². The van der Waals surface area contributed by atoms with E-state index >= 15 is 0 Å². The van der Waals surface area contributed by atoms with Gasteiger partial charge in [-0.15, -0.1) is 0 Å². The van der Waals surface area contributed by atoms with E-state index in [4.69, 9.17) is 4.98 Å². The fourth-order valence-electron chi connectivity index (χ4n) is 3.36. The summed E-state index contributed by atoms with van der Waals surface area (Å²) in [6.07, 6.45) is 1.90. The summed E-state index contributed by atoms with van der Waals surface area (Å²) in [6, 6.07) is 15.1. The molecular weight excluding hydrogens is 382 g/mol. The van der Waals surface area contributed by atoms with Crippen molar-refractivity contribution in [2.45, 2.75) is 20.4 Å². The zero-order valence-electron chi connectivity index (χ0n) is 16.5. The van der Waals surface area contributed by atoms with Gasteiger partial charge in [-0.3, -0.25) is 19.6 Å². The number of carbonyl (C=O) groups is 1. The van der Waals surface area contributed by atoms with Crippen molar-refractivity contribution in [2.75, 3.05) is 5.32 Å². The van der Waals surface area contributed by atoms with Crippen molar-refractivity contribution in [3.63, 3.8) is 0 Å². The first kappa shape index (κ1) is 19.3. The summed E-state index contributed by atoms with van der Waals surface area (Å²) in [4.78, 5) is 28.6. The van der Waals surface area contributed by atoms with E-state index in [9.17, 15) is 14.9 Å². The smallest absolute Gasteiger partial charge is 0.292 e. The van der Waals surface area contributed by atoms with Gasteiger partial charge < -0.3 is 5.32 Å². The number of aromatic nitrogens is 3. The van der Waals surface area contributed by atoms with E-state index in [1.54, 1.807) is 18.2 Å². The van der Waals surface area contributed by atoms with E-state index in [0.29, 0.717) is 22.2 Å². The van der Waals surface area contributed by atoms with Gasteiger partial charge in [-0.05, 0) is 32.0 Å². The third kappa shape index (κ3) is 3.50. The van der Waals surface area contributed by atoms with Crippen LogP contribution < -0.4 is 5.32 Å². The molecule has 0 atom stereocenters. The fraction of sp³-hybridized carbons (Fsp3) is 0.136. The average Bonchev–Trinajstić information content (AvgIpc) is 3.14. The van der Waals surface area contributed by atoms with Gasteiger partial charge in [0.25, 0.3) is 11.6 Å². The molecule has 2 aromatic carbocycles. The molecule has 2 heterocycles. The molecule has 0 aliphatic carbocycles. The van der Waals surface area contributed by atoms with Gasteiger partial charge in [-0.2, -0.15) is 5.10 Å². The van der Waals surface area contributed by atoms with Crippen LogP contribution in [0.3, 0.4) is 0 Å². The normalized spacial score (nSPS) is 10.9. The summed E-state index contributed by atoms with van der Waals surface area (Å²) in [5, 5.41) is 19.1. The van der Waals surface area contributed by atoms with Gasteiger partial charge in [0.2, 0.25) is 0 Å². The molecular formula is C22H19N5O3. The van der Waals surface area contributed by atoms with Crippen molar-refractivity contribution in [1.82, 2.24) is 14.8 Å². The quantitative estimate of drug-likeness (QED) is 0.389. The number of nitro groups is 1. The lowest BCUT2D eigenvalue weighted by Gasteiger charge is -2.10. The van der Waals surface area contributed by atoms with Crippen LogP contribution in [0, 0.1) is 17.0 Å². The van der Waals surface area contributed by atoms with Crippen molar-refractivity contribution in [1.29, 1.82) is 0 Å². The molecule has 4 rings (SSSR count).